The predicted octanol–water partition coefficient (Wildman–Crippen LogP) is 2.47. The summed E-state index contributed by atoms with van der Waals surface area (Å²) in [7, 11) is 0. The van der Waals surface area contributed by atoms with Crippen molar-refractivity contribution in [2.24, 2.45) is 4.99 Å². The summed E-state index contributed by atoms with van der Waals surface area (Å²) in [6.07, 6.45) is 7.86. The van der Waals surface area contributed by atoms with Gasteiger partial charge in [-0.2, -0.15) is 5.10 Å². The van der Waals surface area contributed by atoms with Gasteiger partial charge in [0.15, 0.2) is 5.96 Å². The van der Waals surface area contributed by atoms with Crippen molar-refractivity contribution < 1.29 is 0 Å². The van der Waals surface area contributed by atoms with E-state index in [2.05, 4.69) is 51.8 Å². The first-order valence-corrected chi connectivity index (χ1v) is 10.1. The van der Waals surface area contributed by atoms with Gasteiger partial charge in [-0.15, -0.1) is 0 Å². The van der Waals surface area contributed by atoms with Gasteiger partial charge in [-0.1, -0.05) is 30.7 Å². The first-order valence-electron chi connectivity index (χ1n) is 10.1. The Kier molecular flexibility index (Phi) is 7.71. The number of rotatable bonds is 8. The maximum atomic E-state index is 4.80. The zero-order valence-corrected chi connectivity index (χ0v) is 16.4. The van der Waals surface area contributed by atoms with Crippen LogP contribution in [0.4, 0.5) is 0 Å². The third kappa shape index (κ3) is 6.40. The number of hydrogen-bond acceptors (Lipinski definition) is 3. The number of aromatic nitrogens is 2. The Balaban J connectivity index is 1.56. The van der Waals surface area contributed by atoms with E-state index in [4.69, 9.17) is 4.99 Å². The van der Waals surface area contributed by atoms with Crippen molar-refractivity contribution in [2.45, 2.75) is 39.3 Å². The molecule has 0 amide bonds. The summed E-state index contributed by atoms with van der Waals surface area (Å²) in [6.45, 7) is 8.89. The highest BCUT2D eigenvalue weighted by Gasteiger charge is 2.09. The van der Waals surface area contributed by atoms with Gasteiger partial charge in [0.2, 0.25) is 0 Å². The molecule has 1 saturated heterocycles. The first kappa shape index (κ1) is 19.4. The highest BCUT2D eigenvalue weighted by molar-refractivity contribution is 5.79. The number of hydrogen-bond donors (Lipinski definition) is 2. The van der Waals surface area contributed by atoms with Gasteiger partial charge in [0.25, 0.3) is 0 Å². The molecule has 1 aliphatic rings. The van der Waals surface area contributed by atoms with E-state index < -0.39 is 0 Å². The summed E-state index contributed by atoms with van der Waals surface area (Å²) < 4.78 is 1.95. The number of aliphatic imine (C=N–C) groups is 1. The van der Waals surface area contributed by atoms with E-state index in [9.17, 15) is 0 Å². The topological polar surface area (TPSA) is 57.5 Å². The lowest BCUT2D eigenvalue weighted by Gasteiger charge is -2.26. The summed E-state index contributed by atoms with van der Waals surface area (Å²) in [4.78, 5) is 7.34. The third-order valence-electron chi connectivity index (χ3n) is 4.93. The van der Waals surface area contributed by atoms with Crippen LogP contribution in [0.2, 0.25) is 0 Å². The summed E-state index contributed by atoms with van der Waals surface area (Å²) in [5.74, 6) is 0.892. The van der Waals surface area contributed by atoms with Crippen LogP contribution in [0.5, 0.6) is 0 Å². The zero-order valence-electron chi connectivity index (χ0n) is 16.4. The molecule has 0 unspecified atom stereocenters. The number of benzene rings is 1. The van der Waals surface area contributed by atoms with Crippen LogP contribution in [-0.4, -0.2) is 53.4 Å². The summed E-state index contributed by atoms with van der Waals surface area (Å²) in [5.41, 5.74) is 2.50. The van der Waals surface area contributed by atoms with Crippen LogP contribution in [-0.2, 0) is 13.1 Å². The number of nitrogens with zero attached hydrogens (tertiary/aromatic N) is 4. The fourth-order valence-electron chi connectivity index (χ4n) is 3.46. The molecular weight excluding hydrogens is 336 g/mol. The molecule has 27 heavy (non-hydrogen) atoms. The maximum Gasteiger partial charge on any atom is 0.191 e. The first-order chi connectivity index (χ1) is 13.3. The van der Waals surface area contributed by atoms with Gasteiger partial charge in [-0.25, -0.2) is 4.99 Å². The van der Waals surface area contributed by atoms with Crippen LogP contribution in [0, 0.1) is 0 Å². The lowest BCUT2D eigenvalue weighted by atomic mass is 10.1. The van der Waals surface area contributed by atoms with Gasteiger partial charge in [0.05, 0.1) is 13.1 Å². The molecule has 1 aromatic carbocycles. The van der Waals surface area contributed by atoms with Gasteiger partial charge < -0.3 is 15.5 Å². The Morgan fingerprint density at radius 3 is 2.63 bits per heavy atom. The van der Waals surface area contributed by atoms with E-state index in [0.717, 1.165) is 32.1 Å². The van der Waals surface area contributed by atoms with E-state index in [0.29, 0.717) is 6.54 Å². The van der Waals surface area contributed by atoms with Crippen LogP contribution >= 0.6 is 0 Å². The molecule has 6 nitrogen and oxygen atoms in total. The largest absolute Gasteiger partial charge is 0.357 e. The van der Waals surface area contributed by atoms with Crippen LogP contribution in [0.25, 0.3) is 0 Å². The smallest absolute Gasteiger partial charge is 0.191 e. The van der Waals surface area contributed by atoms with E-state index in [-0.39, 0.29) is 0 Å². The molecule has 3 rings (SSSR count). The second-order valence-electron chi connectivity index (χ2n) is 7.00. The molecule has 0 saturated carbocycles. The van der Waals surface area contributed by atoms with E-state index in [1.165, 1.54) is 43.5 Å². The number of likely N-dealkylation sites (tertiary alicyclic amines) is 1. The fourth-order valence-corrected chi connectivity index (χ4v) is 3.46. The minimum Gasteiger partial charge on any atom is -0.357 e. The van der Waals surface area contributed by atoms with Gasteiger partial charge in [-0.05, 0) is 50.0 Å². The number of guanidine groups is 1. The van der Waals surface area contributed by atoms with Crippen molar-refractivity contribution in [3.05, 3.63) is 53.9 Å². The summed E-state index contributed by atoms with van der Waals surface area (Å²) >= 11 is 0. The Labute approximate surface area is 162 Å². The lowest BCUT2D eigenvalue weighted by molar-refractivity contribution is 0.232. The molecule has 2 N–H and O–H groups in total. The van der Waals surface area contributed by atoms with Crippen LogP contribution in [0.3, 0.4) is 0 Å². The molecular formula is C21H32N6. The summed E-state index contributed by atoms with van der Waals surface area (Å²) in [5, 5.41) is 11.2. The normalized spacial score (nSPS) is 15.7. The second kappa shape index (κ2) is 10.7. The molecule has 0 aliphatic carbocycles. The molecule has 2 aromatic rings. The predicted molar refractivity (Wildman–Crippen MR) is 111 cm³/mol. The van der Waals surface area contributed by atoms with Crippen molar-refractivity contribution >= 4 is 5.96 Å². The zero-order chi connectivity index (χ0) is 18.7. The molecule has 0 radical (unpaired) electrons. The lowest BCUT2D eigenvalue weighted by Crippen LogP contribution is -2.42. The average Bonchev–Trinajstić information content (AvgIpc) is 3.21. The minimum absolute atomic E-state index is 0.663. The number of nitrogens with one attached hydrogen (secondary N) is 2. The van der Waals surface area contributed by atoms with Crippen molar-refractivity contribution in [3.8, 4) is 0 Å². The Bertz CT molecular complexity index is 688. The molecule has 0 atom stereocenters. The molecule has 0 spiro atoms. The third-order valence-corrected chi connectivity index (χ3v) is 4.93. The molecule has 0 bridgehead atoms. The average molecular weight is 369 g/mol. The highest BCUT2D eigenvalue weighted by Crippen LogP contribution is 2.12. The quantitative estimate of drug-likeness (QED) is 0.555. The summed E-state index contributed by atoms with van der Waals surface area (Å²) in [6, 6.07) is 10.4. The van der Waals surface area contributed by atoms with Crippen LogP contribution in [0.1, 0.15) is 37.3 Å². The monoisotopic (exact) mass is 368 g/mol. The second-order valence-corrected chi connectivity index (χ2v) is 7.00. The molecule has 2 heterocycles. The fraction of sp³-hybridized carbons (Fsp3) is 0.524. The molecule has 6 heteroatoms. The molecule has 1 aliphatic heterocycles. The minimum atomic E-state index is 0.663. The Hall–Kier alpha value is -2.34. The van der Waals surface area contributed by atoms with Gasteiger partial charge in [0, 0.05) is 32.0 Å². The highest BCUT2D eigenvalue weighted by atomic mass is 15.3. The molecule has 1 aromatic heterocycles. The van der Waals surface area contributed by atoms with Crippen LogP contribution < -0.4 is 10.6 Å². The van der Waals surface area contributed by atoms with Crippen LogP contribution in [0.15, 0.2) is 47.7 Å². The van der Waals surface area contributed by atoms with E-state index in [1.54, 1.807) is 0 Å². The standard InChI is InChI=1S/C21H32N6/c1-2-22-21(23-12-16-26-13-6-3-7-14-26)24-17-19-9-4-5-10-20(19)18-27-15-8-11-25-27/h4-5,8-11,15H,2-3,6-7,12-14,16-18H2,1H3,(H2,22,23,24). The molecule has 1 fully saturated rings. The number of piperidine rings is 1. The van der Waals surface area contributed by atoms with Crippen molar-refractivity contribution in [1.82, 2.24) is 25.3 Å². The van der Waals surface area contributed by atoms with E-state index >= 15 is 0 Å². The van der Waals surface area contributed by atoms with Gasteiger partial charge >= 0.3 is 0 Å². The SMILES string of the molecule is CCNC(=NCc1ccccc1Cn1cccn1)NCCN1CCCCC1. The van der Waals surface area contributed by atoms with Crippen molar-refractivity contribution in [1.29, 1.82) is 0 Å². The molecule has 146 valence electrons. The Morgan fingerprint density at radius 2 is 1.89 bits per heavy atom. The van der Waals surface area contributed by atoms with Crippen molar-refractivity contribution in [3.63, 3.8) is 0 Å². The van der Waals surface area contributed by atoms with Gasteiger partial charge in [-0.3, -0.25) is 4.68 Å². The Morgan fingerprint density at radius 1 is 1.07 bits per heavy atom. The van der Waals surface area contributed by atoms with Crippen molar-refractivity contribution in [2.75, 3.05) is 32.7 Å². The van der Waals surface area contributed by atoms with E-state index in [1.807, 2.05) is 23.1 Å². The van der Waals surface area contributed by atoms with Gasteiger partial charge in [0.1, 0.15) is 0 Å². The maximum absolute atomic E-state index is 4.80.